The molecule has 0 unspecified atom stereocenters. The number of hydrogen-bond donors (Lipinski definition) is 2. The summed E-state index contributed by atoms with van der Waals surface area (Å²) >= 11 is 0. The molecular weight excluding hydrogens is 324 g/mol. The lowest BCUT2D eigenvalue weighted by atomic mass is 10.1. The quantitative estimate of drug-likeness (QED) is 0.706. The van der Waals surface area contributed by atoms with E-state index in [1.165, 1.54) is 29.1 Å². The molecule has 26 heavy (non-hydrogen) atoms. The number of aromatic nitrogens is 2. The van der Waals surface area contributed by atoms with Crippen LogP contribution in [0.5, 0.6) is 0 Å². The average Bonchev–Trinajstić information content (AvgIpc) is 3.13. The van der Waals surface area contributed by atoms with E-state index < -0.39 is 0 Å². The van der Waals surface area contributed by atoms with E-state index in [2.05, 4.69) is 41.3 Å². The van der Waals surface area contributed by atoms with Crippen molar-refractivity contribution in [2.75, 3.05) is 26.2 Å². The van der Waals surface area contributed by atoms with Crippen LogP contribution < -0.4 is 9.80 Å². The smallest absolute Gasteiger partial charge is 0.282 e. The molecule has 5 nitrogen and oxygen atoms in total. The summed E-state index contributed by atoms with van der Waals surface area (Å²) in [6.07, 6.45) is 0. The summed E-state index contributed by atoms with van der Waals surface area (Å²) in [7, 11) is 0. The minimum Gasteiger partial charge on any atom is -0.333 e. The molecule has 0 bridgehead atoms. The third-order valence-corrected chi connectivity index (χ3v) is 5.10. The summed E-state index contributed by atoms with van der Waals surface area (Å²) in [5, 5.41) is 4.13. The number of hydrogen-bond acceptors (Lipinski definition) is 3. The second-order valence-corrected chi connectivity index (χ2v) is 7.22. The molecule has 0 radical (unpaired) electrons. The van der Waals surface area contributed by atoms with Crippen molar-refractivity contribution in [3.8, 4) is 11.4 Å². The molecule has 0 spiro atoms. The molecule has 2 N–H and O–H groups in total. The lowest BCUT2D eigenvalue weighted by Gasteiger charge is -2.29. The van der Waals surface area contributed by atoms with Gasteiger partial charge in [0.15, 0.2) is 6.54 Å². The fourth-order valence-electron chi connectivity index (χ4n) is 3.67. The van der Waals surface area contributed by atoms with Crippen molar-refractivity contribution in [2.24, 2.45) is 0 Å². The minimum absolute atomic E-state index is 0.684. The van der Waals surface area contributed by atoms with Crippen LogP contribution in [0.2, 0.25) is 0 Å². The predicted octanol–water partition coefficient (Wildman–Crippen LogP) is 0.529. The molecule has 1 aliphatic rings. The Hall–Kier alpha value is -2.50. The molecule has 134 valence electrons. The van der Waals surface area contributed by atoms with E-state index in [4.69, 9.17) is 4.52 Å². The van der Waals surface area contributed by atoms with Gasteiger partial charge in [-0.2, -0.15) is 4.98 Å². The van der Waals surface area contributed by atoms with Gasteiger partial charge in [0.05, 0.1) is 0 Å². The Kier molecular flexibility index (Phi) is 5.09. The lowest BCUT2D eigenvalue weighted by molar-refractivity contribution is -1.02. The van der Waals surface area contributed by atoms with E-state index in [1.54, 1.807) is 4.90 Å². The van der Waals surface area contributed by atoms with Gasteiger partial charge in [0.2, 0.25) is 5.82 Å². The third kappa shape index (κ3) is 4.18. The number of piperazine rings is 1. The molecule has 4 rings (SSSR count). The standard InChI is InChI=1S/C21H24N4O/c1-17-6-5-7-18(14-17)15-24-10-12-25(13-11-24)16-20-22-21(23-26-20)19-8-3-2-4-9-19/h2-9,14H,10-13,15-16H2,1H3/p+2. The Labute approximate surface area is 154 Å². The van der Waals surface area contributed by atoms with Gasteiger partial charge in [0.1, 0.15) is 32.7 Å². The first-order valence-corrected chi connectivity index (χ1v) is 9.37. The van der Waals surface area contributed by atoms with Crippen molar-refractivity contribution >= 4 is 0 Å². The van der Waals surface area contributed by atoms with Crippen LogP contribution in [0.3, 0.4) is 0 Å². The van der Waals surface area contributed by atoms with Crippen molar-refractivity contribution < 1.29 is 14.3 Å². The number of nitrogens with zero attached hydrogens (tertiary/aromatic N) is 2. The topological polar surface area (TPSA) is 47.8 Å². The normalized spacial score (nSPS) is 20.2. The maximum absolute atomic E-state index is 5.47. The minimum atomic E-state index is 0.684. The molecule has 0 atom stereocenters. The lowest BCUT2D eigenvalue weighted by Crippen LogP contribution is -3.27. The van der Waals surface area contributed by atoms with E-state index in [1.807, 2.05) is 30.3 Å². The SMILES string of the molecule is Cc1cccc(C[NH+]2CC[NH+](Cc3nc(-c4ccccc4)no3)CC2)c1. The van der Waals surface area contributed by atoms with Crippen LogP contribution in [-0.4, -0.2) is 36.3 Å². The van der Waals surface area contributed by atoms with Crippen molar-refractivity contribution in [3.63, 3.8) is 0 Å². The third-order valence-electron chi connectivity index (χ3n) is 5.10. The highest BCUT2D eigenvalue weighted by atomic mass is 16.5. The molecule has 5 heteroatoms. The zero-order valence-corrected chi connectivity index (χ0v) is 15.2. The van der Waals surface area contributed by atoms with Gasteiger partial charge in [0.25, 0.3) is 5.89 Å². The van der Waals surface area contributed by atoms with Crippen LogP contribution in [0.1, 0.15) is 17.0 Å². The maximum Gasteiger partial charge on any atom is 0.282 e. The van der Waals surface area contributed by atoms with E-state index in [-0.39, 0.29) is 0 Å². The molecule has 0 saturated carbocycles. The van der Waals surface area contributed by atoms with Crippen LogP contribution in [0, 0.1) is 6.92 Å². The van der Waals surface area contributed by atoms with Gasteiger partial charge < -0.3 is 14.3 Å². The van der Waals surface area contributed by atoms with Gasteiger partial charge >= 0.3 is 0 Å². The summed E-state index contributed by atoms with van der Waals surface area (Å²) in [6.45, 7) is 8.75. The maximum atomic E-state index is 5.47. The van der Waals surface area contributed by atoms with Crippen LogP contribution >= 0.6 is 0 Å². The van der Waals surface area contributed by atoms with Gasteiger partial charge in [-0.25, -0.2) is 0 Å². The van der Waals surface area contributed by atoms with Crippen LogP contribution in [-0.2, 0) is 13.1 Å². The number of rotatable bonds is 5. The molecule has 1 aromatic heterocycles. The van der Waals surface area contributed by atoms with Crippen molar-refractivity contribution in [3.05, 3.63) is 71.6 Å². The average molecular weight is 350 g/mol. The molecule has 3 aromatic rings. The largest absolute Gasteiger partial charge is 0.333 e. The van der Waals surface area contributed by atoms with Crippen molar-refractivity contribution in [1.29, 1.82) is 0 Å². The van der Waals surface area contributed by atoms with Gasteiger partial charge in [-0.3, -0.25) is 0 Å². The first kappa shape index (κ1) is 16.9. The fourth-order valence-corrected chi connectivity index (χ4v) is 3.67. The Bertz CT molecular complexity index is 838. The highest BCUT2D eigenvalue weighted by molar-refractivity contribution is 5.53. The summed E-state index contributed by atoms with van der Waals surface area (Å²) in [6, 6.07) is 18.9. The number of quaternary nitrogens is 2. The molecule has 1 fully saturated rings. The molecule has 0 amide bonds. The molecule has 0 aliphatic carbocycles. The van der Waals surface area contributed by atoms with Crippen LogP contribution in [0.4, 0.5) is 0 Å². The first-order valence-electron chi connectivity index (χ1n) is 9.37. The number of nitrogens with one attached hydrogen (secondary N) is 2. The van der Waals surface area contributed by atoms with Crippen molar-refractivity contribution in [1.82, 2.24) is 10.1 Å². The molecule has 2 heterocycles. The Morgan fingerprint density at radius 2 is 1.62 bits per heavy atom. The Balaban J connectivity index is 1.29. The van der Waals surface area contributed by atoms with Crippen molar-refractivity contribution in [2.45, 2.75) is 20.0 Å². The Morgan fingerprint density at radius 1 is 0.885 bits per heavy atom. The van der Waals surface area contributed by atoms with Gasteiger partial charge in [-0.1, -0.05) is 65.3 Å². The van der Waals surface area contributed by atoms with Crippen LogP contribution in [0.25, 0.3) is 11.4 Å². The summed E-state index contributed by atoms with van der Waals surface area (Å²) in [4.78, 5) is 7.76. The second kappa shape index (κ2) is 7.81. The molecule has 2 aromatic carbocycles. The van der Waals surface area contributed by atoms with Gasteiger partial charge in [0, 0.05) is 11.1 Å². The summed E-state index contributed by atoms with van der Waals surface area (Å²) in [5.41, 5.74) is 3.79. The number of benzene rings is 2. The second-order valence-electron chi connectivity index (χ2n) is 7.22. The van der Waals surface area contributed by atoms with E-state index in [0.29, 0.717) is 5.82 Å². The van der Waals surface area contributed by atoms with E-state index in [9.17, 15) is 0 Å². The zero-order valence-electron chi connectivity index (χ0n) is 15.2. The molecular formula is C21H26N4O+2. The van der Waals surface area contributed by atoms with Gasteiger partial charge in [-0.05, 0) is 6.92 Å². The predicted molar refractivity (Wildman–Crippen MR) is 99.7 cm³/mol. The fraction of sp³-hybridized carbons (Fsp3) is 0.333. The van der Waals surface area contributed by atoms with Crippen LogP contribution in [0.15, 0.2) is 59.1 Å². The number of aryl methyl sites for hydroxylation is 1. The highest BCUT2D eigenvalue weighted by Crippen LogP contribution is 2.14. The Morgan fingerprint density at radius 3 is 2.35 bits per heavy atom. The summed E-state index contributed by atoms with van der Waals surface area (Å²) in [5.74, 6) is 1.42. The first-order chi connectivity index (χ1) is 12.8. The van der Waals surface area contributed by atoms with Gasteiger partial charge in [-0.15, -0.1) is 0 Å². The molecule has 1 saturated heterocycles. The highest BCUT2D eigenvalue weighted by Gasteiger charge is 2.25. The van der Waals surface area contributed by atoms with E-state index in [0.717, 1.165) is 37.6 Å². The van der Waals surface area contributed by atoms with E-state index >= 15 is 0 Å². The zero-order chi connectivity index (χ0) is 17.8. The summed E-state index contributed by atoms with van der Waals surface area (Å²) < 4.78 is 5.47. The monoisotopic (exact) mass is 350 g/mol. The molecule has 1 aliphatic heterocycles.